The number of fused-ring (bicyclic) bond motifs is 5. The molecule has 0 aliphatic heterocycles. The normalized spacial score (nSPS) is 33.6. The Morgan fingerprint density at radius 3 is 1.69 bits per heavy atom. The molecule has 11 unspecified atom stereocenters. The third-order valence-electron chi connectivity index (χ3n) is 16.5. The summed E-state index contributed by atoms with van der Waals surface area (Å²) in [5.41, 5.74) is 4.99. The van der Waals surface area contributed by atoms with Crippen molar-refractivity contribution in [1.29, 1.82) is 0 Å². The molecule has 0 amide bonds. The molecule has 4 rings (SSSR count). The summed E-state index contributed by atoms with van der Waals surface area (Å²) >= 11 is 0. The van der Waals surface area contributed by atoms with Crippen LogP contribution in [0.15, 0.2) is 0 Å². The molecule has 4 saturated carbocycles. The highest BCUT2D eigenvalue weighted by atomic mass is 16.4. The lowest BCUT2D eigenvalue weighted by Gasteiger charge is -2.63. The monoisotopic (exact) mass is 776 g/mol. The van der Waals surface area contributed by atoms with Crippen LogP contribution in [0.4, 0.5) is 0 Å². The number of aliphatic hydroxyl groups excluding tert-OH is 3. The van der Waals surface area contributed by atoms with Crippen LogP contribution in [0.25, 0.3) is 0 Å². The van der Waals surface area contributed by atoms with Crippen molar-refractivity contribution in [3.8, 4) is 0 Å². The number of hydrogen-bond donors (Lipinski definition) is 4. The molecule has 0 bridgehead atoms. The molecule has 4 aliphatic rings. The minimum atomic E-state index is -0.998. The molecule has 0 saturated heterocycles. The van der Waals surface area contributed by atoms with E-state index in [1.165, 1.54) is 135 Å². The second-order valence-corrected chi connectivity index (χ2v) is 20.5. The summed E-state index contributed by atoms with van der Waals surface area (Å²) in [6, 6.07) is 0. The van der Waals surface area contributed by atoms with Crippen molar-refractivity contribution in [2.24, 2.45) is 46.3 Å². The maximum absolute atomic E-state index is 11.5. The topological polar surface area (TPSA) is 128 Å². The van der Waals surface area contributed by atoms with Crippen LogP contribution in [-0.2, 0) is 4.79 Å². The van der Waals surface area contributed by atoms with Crippen LogP contribution in [0.5, 0.6) is 0 Å². The molecule has 11 atom stereocenters. The second kappa shape index (κ2) is 24.4. The molecule has 55 heavy (non-hydrogen) atoms. The van der Waals surface area contributed by atoms with Gasteiger partial charge < -0.3 is 31.0 Å². The predicted octanol–water partition coefficient (Wildman–Crippen LogP) is 10.3. The first-order chi connectivity index (χ1) is 26.3. The first-order valence-electron chi connectivity index (χ1n) is 24.4. The van der Waals surface area contributed by atoms with Crippen LogP contribution in [-0.4, -0.2) is 45.1 Å². The zero-order chi connectivity index (χ0) is 40.5. The number of carboxylic acid groups (broad SMARTS) is 1. The summed E-state index contributed by atoms with van der Waals surface area (Å²) in [5.74, 6) is 0.635. The number of carbonyl (C=O) groups excluding carboxylic acids is 1. The maximum Gasteiger partial charge on any atom is 0.0945 e. The summed E-state index contributed by atoms with van der Waals surface area (Å²) < 4.78 is 0. The van der Waals surface area contributed by atoms with Gasteiger partial charge in [-0.05, 0) is 123 Å². The number of rotatable bonds is 25. The molecule has 0 heterocycles. The number of carbonyl (C=O) groups is 1. The van der Waals surface area contributed by atoms with E-state index < -0.39 is 12.1 Å². The molecule has 6 nitrogen and oxygen atoms in total. The van der Waals surface area contributed by atoms with E-state index in [0.717, 1.165) is 44.9 Å². The summed E-state index contributed by atoms with van der Waals surface area (Å²) in [4.78, 5) is 11.0. The Labute approximate surface area is 340 Å². The Balaban J connectivity index is 0.000000298. The number of quaternary nitrogens is 1. The Morgan fingerprint density at radius 1 is 0.709 bits per heavy atom. The molecular weight excluding hydrogens is 683 g/mol. The lowest BCUT2D eigenvalue weighted by molar-refractivity contribution is -0.484. The highest BCUT2D eigenvalue weighted by molar-refractivity contribution is 5.64. The van der Waals surface area contributed by atoms with E-state index in [1.54, 1.807) is 0 Å². The molecule has 0 aromatic carbocycles. The van der Waals surface area contributed by atoms with Gasteiger partial charge in [0, 0.05) is 25.2 Å². The van der Waals surface area contributed by atoms with E-state index in [0.29, 0.717) is 23.8 Å². The van der Waals surface area contributed by atoms with Gasteiger partial charge in [0.2, 0.25) is 0 Å². The quantitative estimate of drug-likeness (QED) is 0.0687. The van der Waals surface area contributed by atoms with Crippen LogP contribution < -0.4 is 10.8 Å². The number of hydrogen-bond acceptors (Lipinski definition) is 5. The highest BCUT2D eigenvalue weighted by Gasteiger charge is 2.65. The van der Waals surface area contributed by atoms with Gasteiger partial charge in [0.05, 0.1) is 23.9 Å². The maximum atomic E-state index is 11.5. The molecule has 0 aromatic rings. The van der Waals surface area contributed by atoms with Gasteiger partial charge in [-0.15, -0.1) is 0 Å². The minimum absolute atomic E-state index is 0.0747. The van der Waals surface area contributed by atoms with Crippen LogP contribution in [0.1, 0.15) is 234 Å². The molecule has 4 fully saturated rings. The van der Waals surface area contributed by atoms with Gasteiger partial charge in [-0.25, -0.2) is 0 Å². The van der Waals surface area contributed by atoms with E-state index in [1.807, 2.05) is 0 Å². The first-order valence-corrected chi connectivity index (χ1v) is 24.4. The summed E-state index contributed by atoms with van der Waals surface area (Å²) in [6.07, 6.45) is 35.4. The third kappa shape index (κ3) is 13.9. The van der Waals surface area contributed by atoms with E-state index >= 15 is 0 Å². The van der Waals surface area contributed by atoms with E-state index in [-0.39, 0.29) is 53.1 Å². The Bertz CT molecular complexity index is 1010. The number of aliphatic hydroxyl groups is 3. The van der Waals surface area contributed by atoms with Crippen molar-refractivity contribution in [2.45, 2.75) is 258 Å². The standard InChI is InChI=1S/C25H53N.C24H40O5/c1-4-7-10-13-16-19-22-25(26,23-20-17-14-11-8-5-2)24-21-18-15-12-9-6-3;1-13(4-7-21(28)29)16-5-6-17-22-18(12-20(27)24(16,17)3)23(2)9-8-15(25)10-14(23)11-19(22)26/h4-24,26H2,1-3H3;13-20,22,25-27H,4-12H2,1-3H3,(H,28,29). The van der Waals surface area contributed by atoms with Gasteiger partial charge in [0.25, 0.3) is 0 Å². The van der Waals surface area contributed by atoms with E-state index in [9.17, 15) is 25.2 Å². The first kappa shape index (κ1) is 48.7. The van der Waals surface area contributed by atoms with Crippen molar-refractivity contribution < 1.29 is 31.0 Å². The highest BCUT2D eigenvalue weighted by Crippen LogP contribution is 2.68. The summed E-state index contributed by atoms with van der Waals surface area (Å²) in [6.45, 7) is 13.6. The fourth-order valence-corrected chi connectivity index (χ4v) is 12.9. The Morgan fingerprint density at radius 2 is 1.20 bits per heavy atom. The third-order valence-corrected chi connectivity index (χ3v) is 16.5. The van der Waals surface area contributed by atoms with Crippen molar-refractivity contribution in [1.82, 2.24) is 0 Å². The molecule has 6 heteroatoms. The number of carboxylic acids is 1. The Hall–Kier alpha value is -0.690. The summed E-state index contributed by atoms with van der Waals surface area (Å²) in [7, 11) is 0. The van der Waals surface area contributed by atoms with Crippen LogP contribution in [0.2, 0.25) is 0 Å². The smallest absolute Gasteiger partial charge is 0.0945 e. The van der Waals surface area contributed by atoms with Crippen molar-refractivity contribution in [3.63, 3.8) is 0 Å². The van der Waals surface area contributed by atoms with Gasteiger partial charge in [-0.1, -0.05) is 138 Å². The zero-order valence-corrected chi connectivity index (χ0v) is 37.3. The lowest BCUT2D eigenvalue weighted by atomic mass is 9.43. The molecule has 0 spiro atoms. The zero-order valence-electron chi connectivity index (χ0n) is 37.3. The lowest BCUT2D eigenvalue weighted by Crippen LogP contribution is -2.72. The minimum Gasteiger partial charge on any atom is -0.550 e. The summed E-state index contributed by atoms with van der Waals surface area (Å²) in [5, 5.41) is 43.9. The molecule has 0 aromatic heterocycles. The van der Waals surface area contributed by atoms with Gasteiger partial charge in [0.1, 0.15) is 0 Å². The molecular formula is C49H93NO5. The number of unbranched alkanes of at least 4 members (excludes halogenated alkanes) is 15. The molecule has 0 radical (unpaired) electrons. The fourth-order valence-electron chi connectivity index (χ4n) is 12.9. The van der Waals surface area contributed by atoms with E-state index in [4.69, 9.17) is 5.73 Å². The number of aliphatic carboxylic acids is 1. The van der Waals surface area contributed by atoms with Gasteiger partial charge in [-0.3, -0.25) is 0 Å². The molecule has 6 N–H and O–H groups in total. The molecule has 324 valence electrons. The predicted molar refractivity (Wildman–Crippen MR) is 227 cm³/mol. The van der Waals surface area contributed by atoms with Crippen LogP contribution in [0.3, 0.4) is 0 Å². The van der Waals surface area contributed by atoms with Gasteiger partial charge in [0.15, 0.2) is 0 Å². The van der Waals surface area contributed by atoms with Crippen molar-refractivity contribution in [2.75, 3.05) is 0 Å². The van der Waals surface area contributed by atoms with Gasteiger partial charge >= 0.3 is 0 Å². The van der Waals surface area contributed by atoms with Crippen molar-refractivity contribution >= 4 is 5.97 Å². The fraction of sp³-hybridized carbons (Fsp3) is 0.980. The second-order valence-electron chi connectivity index (χ2n) is 20.5. The Kier molecular flexibility index (Phi) is 21.6. The van der Waals surface area contributed by atoms with Crippen molar-refractivity contribution in [3.05, 3.63) is 0 Å². The van der Waals surface area contributed by atoms with Gasteiger partial charge in [-0.2, -0.15) is 0 Å². The van der Waals surface area contributed by atoms with Crippen LogP contribution >= 0.6 is 0 Å². The average Bonchev–Trinajstić information content (AvgIpc) is 3.51. The SMILES string of the molecule is CC(CCC(=O)[O-])C1CCC2C3C(O)CC4CC(O)CCC4(C)C3CC(O)C12C.CCCCCCCCC([NH3+])(CCCCCCCC)CCCCCCCC. The molecule has 4 aliphatic carbocycles. The van der Waals surface area contributed by atoms with Crippen LogP contribution in [0, 0.1) is 46.3 Å². The largest absolute Gasteiger partial charge is 0.550 e. The average molecular weight is 776 g/mol. The van der Waals surface area contributed by atoms with E-state index in [2.05, 4.69) is 41.5 Å².